The van der Waals surface area contributed by atoms with Crippen LogP contribution in [0.5, 0.6) is 0 Å². The molecule has 0 spiro atoms. The molecule has 2 rings (SSSR count). The molecule has 0 bridgehead atoms. The fourth-order valence-electron chi connectivity index (χ4n) is 1.85. The predicted molar refractivity (Wildman–Crippen MR) is 47.7 cm³/mol. The Labute approximate surface area is 74.9 Å². The van der Waals surface area contributed by atoms with Crippen LogP contribution in [0.15, 0.2) is 0 Å². The Bertz CT molecular complexity index is 145. The second kappa shape index (κ2) is 3.75. The van der Waals surface area contributed by atoms with E-state index in [0.717, 1.165) is 25.0 Å². The molecule has 2 heteroatoms. The van der Waals surface area contributed by atoms with Gasteiger partial charge in [-0.15, -0.1) is 0 Å². The molecule has 0 aromatic heterocycles. The van der Waals surface area contributed by atoms with Crippen molar-refractivity contribution < 1.29 is 9.64 Å². The van der Waals surface area contributed by atoms with E-state index in [4.69, 9.17) is 4.74 Å². The van der Waals surface area contributed by atoms with Crippen molar-refractivity contribution in [1.29, 1.82) is 0 Å². The summed E-state index contributed by atoms with van der Waals surface area (Å²) in [7, 11) is 4.00. The molecule has 70 valence electrons. The Balaban J connectivity index is 1.54. The van der Waals surface area contributed by atoms with Gasteiger partial charge in [0.2, 0.25) is 0 Å². The van der Waals surface area contributed by atoms with E-state index in [9.17, 15) is 0 Å². The summed E-state index contributed by atoms with van der Waals surface area (Å²) in [5, 5.41) is 0. The van der Waals surface area contributed by atoms with Crippen LogP contribution < -0.4 is 4.90 Å². The molecule has 2 unspecified atom stereocenters. The maximum Gasteiger partial charge on any atom is 0.0583 e. The lowest BCUT2D eigenvalue weighted by atomic mass is 10.1. The van der Waals surface area contributed by atoms with Gasteiger partial charge in [-0.1, -0.05) is 0 Å². The maximum absolute atomic E-state index is 5.65. The molecule has 1 saturated carbocycles. The summed E-state index contributed by atoms with van der Waals surface area (Å²) in [6.45, 7) is 4.45. The van der Waals surface area contributed by atoms with Crippen LogP contribution in [-0.4, -0.2) is 26.3 Å². The number of likely N-dealkylation sites (tertiary alicyclic amines) is 1. The molecular weight excluding hydrogens is 150 g/mol. The predicted octanol–water partition coefficient (Wildman–Crippen LogP) is 0.109. The number of hydrogen-bond acceptors (Lipinski definition) is 1. The van der Waals surface area contributed by atoms with E-state index in [-0.39, 0.29) is 0 Å². The Hall–Kier alpha value is -0.0800. The highest BCUT2D eigenvalue weighted by Gasteiger charge is 2.24. The Morgan fingerprint density at radius 3 is 2.50 bits per heavy atom. The van der Waals surface area contributed by atoms with Gasteiger partial charge < -0.3 is 9.64 Å². The van der Waals surface area contributed by atoms with Gasteiger partial charge in [0.25, 0.3) is 0 Å². The van der Waals surface area contributed by atoms with E-state index in [0.29, 0.717) is 0 Å². The van der Waals surface area contributed by atoms with Crippen molar-refractivity contribution in [2.24, 2.45) is 11.8 Å². The summed E-state index contributed by atoms with van der Waals surface area (Å²) in [4.78, 5) is 1.43. The van der Waals surface area contributed by atoms with E-state index < -0.39 is 0 Å². The maximum atomic E-state index is 5.65. The zero-order valence-corrected chi connectivity index (χ0v) is 7.72. The third-order valence-corrected chi connectivity index (χ3v) is 2.89. The van der Waals surface area contributed by atoms with Crippen molar-refractivity contribution in [3.8, 4) is 0 Å². The summed E-state index contributed by atoms with van der Waals surface area (Å²) >= 11 is 0. The molecule has 1 aliphatic carbocycles. The van der Waals surface area contributed by atoms with Gasteiger partial charge >= 0.3 is 0 Å². The first-order valence-corrected chi connectivity index (χ1v) is 5.09. The molecule has 1 heterocycles. The topological polar surface area (TPSA) is 13.7 Å². The van der Waals surface area contributed by atoms with Crippen LogP contribution in [-0.2, 0) is 4.74 Å². The van der Waals surface area contributed by atoms with Crippen molar-refractivity contribution in [3.63, 3.8) is 0 Å². The van der Waals surface area contributed by atoms with Crippen LogP contribution in [0.4, 0.5) is 0 Å². The number of ether oxygens (including phenoxy) is 1. The highest BCUT2D eigenvalue weighted by molar-refractivity contribution is 4.72. The average Bonchev–Trinajstić information content (AvgIpc) is 2.76. The van der Waals surface area contributed by atoms with E-state index in [2.05, 4.69) is 7.05 Å². The second-order valence-corrected chi connectivity index (χ2v) is 4.34. The SMILES string of the molecule is [CH2-][NH+]1CCC(COCC2CC2)C1. The minimum absolute atomic E-state index is 0.788. The lowest BCUT2D eigenvalue weighted by molar-refractivity contribution is -0.841. The summed E-state index contributed by atoms with van der Waals surface area (Å²) in [6, 6.07) is 0. The van der Waals surface area contributed by atoms with Crippen LogP contribution in [0.2, 0.25) is 0 Å². The number of hydrogen-bond donors (Lipinski definition) is 1. The molecule has 12 heavy (non-hydrogen) atoms. The van der Waals surface area contributed by atoms with Crippen molar-refractivity contribution in [3.05, 3.63) is 7.05 Å². The molecule has 0 aromatic rings. The van der Waals surface area contributed by atoms with E-state index in [1.165, 1.54) is 37.3 Å². The van der Waals surface area contributed by atoms with Crippen LogP contribution in [0.3, 0.4) is 0 Å². The van der Waals surface area contributed by atoms with Gasteiger partial charge in [0.05, 0.1) is 19.7 Å². The summed E-state index contributed by atoms with van der Waals surface area (Å²) in [6.07, 6.45) is 4.11. The van der Waals surface area contributed by atoms with Gasteiger partial charge in [0, 0.05) is 18.9 Å². The minimum Gasteiger partial charge on any atom is -0.468 e. The van der Waals surface area contributed by atoms with Gasteiger partial charge in [0.15, 0.2) is 0 Å². The summed E-state index contributed by atoms with van der Waals surface area (Å²) < 4.78 is 5.65. The summed E-state index contributed by atoms with van der Waals surface area (Å²) in [5.74, 6) is 1.70. The smallest absolute Gasteiger partial charge is 0.0583 e. The van der Waals surface area contributed by atoms with Gasteiger partial charge in [-0.2, -0.15) is 7.05 Å². The monoisotopic (exact) mass is 169 g/mol. The fraction of sp³-hybridized carbons (Fsp3) is 0.900. The molecule has 2 fully saturated rings. The van der Waals surface area contributed by atoms with E-state index in [1.807, 2.05) is 0 Å². The third kappa shape index (κ3) is 2.46. The van der Waals surface area contributed by atoms with Crippen LogP contribution >= 0.6 is 0 Å². The van der Waals surface area contributed by atoms with Crippen LogP contribution in [0, 0.1) is 18.9 Å². The Morgan fingerprint density at radius 1 is 1.17 bits per heavy atom. The van der Waals surface area contributed by atoms with Crippen LogP contribution in [0.1, 0.15) is 19.3 Å². The van der Waals surface area contributed by atoms with Crippen molar-refractivity contribution in [2.75, 3.05) is 26.3 Å². The molecular formula is C10H19NO. The van der Waals surface area contributed by atoms with E-state index >= 15 is 0 Å². The Morgan fingerprint density at radius 2 is 1.92 bits per heavy atom. The lowest BCUT2D eigenvalue weighted by Gasteiger charge is -2.13. The normalized spacial score (nSPS) is 35.8. The molecule has 0 aromatic carbocycles. The van der Waals surface area contributed by atoms with Crippen molar-refractivity contribution in [1.82, 2.24) is 0 Å². The standard InChI is InChI=1S/C10H19NO/c1-11-5-4-10(6-11)8-12-7-9-2-3-9/h9-11H,1-8H2. The molecule has 1 N–H and O–H groups in total. The first-order chi connectivity index (χ1) is 5.84. The third-order valence-electron chi connectivity index (χ3n) is 2.89. The first-order valence-electron chi connectivity index (χ1n) is 5.09. The molecule has 0 radical (unpaired) electrons. The fourth-order valence-corrected chi connectivity index (χ4v) is 1.85. The zero-order chi connectivity index (χ0) is 8.39. The zero-order valence-electron chi connectivity index (χ0n) is 7.72. The number of rotatable bonds is 4. The summed E-state index contributed by atoms with van der Waals surface area (Å²) in [5.41, 5.74) is 0. The van der Waals surface area contributed by atoms with Gasteiger partial charge in [-0.3, -0.25) is 0 Å². The first kappa shape index (κ1) is 8.52. The van der Waals surface area contributed by atoms with Gasteiger partial charge in [-0.05, 0) is 18.8 Å². The largest absolute Gasteiger partial charge is 0.468 e. The molecule has 2 aliphatic rings. The highest BCUT2D eigenvalue weighted by Crippen LogP contribution is 2.28. The molecule has 2 atom stereocenters. The molecule has 1 saturated heterocycles. The molecule has 0 amide bonds. The quantitative estimate of drug-likeness (QED) is 0.590. The number of nitrogens with one attached hydrogen (secondary N) is 1. The molecule has 1 aliphatic heterocycles. The lowest BCUT2D eigenvalue weighted by Crippen LogP contribution is -3.04. The highest BCUT2D eigenvalue weighted by atomic mass is 16.5. The van der Waals surface area contributed by atoms with Crippen molar-refractivity contribution in [2.45, 2.75) is 19.3 Å². The average molecular weight is 169 g/mol. The second-order valence-electron chi connectivity index (χ2n) is 4.34. The number of quaternary nitrogens is 1. The van der Waals surface area contributed by atoms with Crippen LogP contribution in [0.25, 0.3) is 0 Å². The van der Waals surface area contributed by atoms with Gasteiger partial charge in [0.1, 0.15) is 0 Å². The van der Waals surface area contributed by atoms with E-state index in [1.54, 1.807) is 0 Å². The van der Waals surface area contributed by atoms with Crippen molar-refractivity contribution >= 4 is 0 Å². The Kier molecular flexibility index (Phi) is 2.66. The minimum atomic E-state index is 0.788. The molecule has 2 nitrogen and oxygen atoms in total. The van der Waals surface area contributed by atoms with Gasteiger partial charge in [-0.25, -0.2) is 0 Å².